The zero-order valence-electron chi connectivity index (χ0n) is 15.2. The second kappa shape index (κ2) is 7.88. The van der Waals surface area contributed by atoms with Crippen molar-refractivity contribution in [2.24, 2.45) is 5.92 Å². The van der Waals surface area contributed by atoms with E-state index in [0.29, 0.717) is 24.3 Å². The van der Waals surface area contributed by atoms with Crippen molar-refractivity contribution in [2.75, 3.05) is 26.7 Å². The summed E-state index contributed by atoms with van der Waals surface area (Å²) in [5.74, 6) is -1.30. The molecule has 8 heteroatoms. The van der Waals surface area contributed by atoms with Crippen LogP contribution >= 0.6 is 0 Å². The Labute approximate surface area is 156 Å². The van der Waals surface area contributed by atoms with Gasteiger partial charge in [-0.3, -0.25) is 14.5 Å². The Hall–Kier alpha value is -2.09. The van der Waals surface area contributed by atoms with Gasteiger partial charge in [-0.05, 0) is 37.0 Å². The van der Waals surface area contributed by atoms with Crippen LogP contribution in [0.25, 0.3) is 0 Å². The Morgan fingerprint density at radius 1 is 1.22 bits per heavy atom. The Kier molecular flexibility index (Phi) is 5.74. The topological polar surface area (TPSA) is 51.0 Å². The highest BCUT2D eigenvalue weighted by atomic mass is 19.4. The lowest BCUT2D eigenvalue weighted by Gasteiger charge is -2.33. The van der Waals surface area contributed by atoms with E-state index in [9.17, 15) is 22.8 Å². The van der Waals surface area contributed by atoms with Crippen LogP contribution < -0.4 is 9.64 Å². The minimum Gasteiger partial charge on any atom is -0.497 e. The molecule has 3 atom stereocenters. The van der Waals surface area contributed by atoms with Crippen LogP contribution in [0.2, 0.25) is 0 Å². The van der Waals surface area contributed by atoms with Crippen LogP contribution in [0.15, 0.2) is 24.3 Å². The van der Waals surface area contributed by atoms with Gasteiger partial charge in [0.1, 0.15) is 11.7 Å². The van der Waals surface area contributed by atoms with Gasteiger partial charge in [-0.1, -0.05) is 12.1 Å². The smallest absolute Gasteiger partial charge is 0.397 e. The maximum atomic E-state index is 13.0. The number of hydrogen-bond acceptors (Lipinski definition) is 3. The first-order chi connectivity index (χ1) is 12.8. The number of likely N-dealkylation sites (tertiary alicyclic amines) is 2. The molecule has 1 aromatic carbocycles. The summed E-state index contributed by atoms with van der Waals surface area (Å²) in [6.45, 7) is 0.624. The third-order valence-electron chi connectivity index (χ3n) is 5.54. The third kappa shape index (κ3) is 4.43. The summed E-state index contributed by atoms with van der Waals surface area (Å²) in [4.78, 5) is 26.8. The van der Waals surface area contributed by atoms with Gasteiger partial charge in [-0.25, -0.2) is 0 Å². The van der Waals surface area contributed by atoms with E-state index in [1.165, 1.54) is 4.90 Å². The number of benzene rings is 1. The molecule has 1 unspecified atom stereocenters. The number of methoxy groups -OCH3 is 1. The fourth-order valence-corrected chi connectivity index (χ4v) is 3.96. The molecule has 2 fully saturated rings. The number of alkyl halides is 3. The molecule has 1 aromatic rings. The fraction of sp³-hybridized carbons (Fsp3) is 0.579. The summed E-state index contributed by atoms with van der Waals surface area (Å²) < 4.78 is 44.2. The number of imide groups is 1. The number of hydrogen-bond donors (Lipinski definition) is 1. The second-order valence-electron chi connectivity index (χ2n) is 7.23. The number of halogens is 3. The highest BCUT2D eigenvalue weighted by Crippen LogP contribution is 2.30. The average Bonchev–Trinajstić information content (AvgIpc) is 2.94. The van der Waals surface area contributed by atoms with Crippen molar-refractivity contribution in [2.45, 2.75) is 37.9 Å². The van der Waals surface area contributed by atoms with Gasteiger partial charge in [-0.2, -0.15) is 13.2 Å². The Morgan fingerprint density at radius 2 is 1.93 bits per heavy atom. The lowest BCUT2D eigenvalue weighted by molar-refractivity contribution is -0.925. The molecule has 2 saturated heterocycles. The van der Waals surface area contributed by atoms with Crippen molar-refractivity contribution in [3.8, 4) is 5.75 Å². The number of nitrogens with one attached hydrogen (secondary N) is 1. The van der Waals surface area contributed by atoms with Gasteiger partial charge < -0.3 is 9.64 Å². The number of carbonyl (C=O) groups is 2. The molecule has 0 radical (unpaired) electrons. The molecule has 1 N–H and O–H groups in total. The first-order valence-electron chi connectivity index (χ1n) is 9.18. The second-order valence-corrected chi connectivity index (χ2v) is 7.23. The summed E-state index contributed by atoms with van der Waals surface area (Å²) in [5.41, 5.74) is 0.960. The molecule has 2 aliphatic heterocycles. The summed E-state index contributed by atoms with van der Waals surface area (Å²) in [6, 6.07) is 6.66. The first-order valence-corrected chi connectivity index (χ1v) is 9.18. The van der Waals surface area contributed by atoms with Crippen molar-refractivity contribution in [3.05, 3.63) is 29.8 Å². The number of amides is 2. The average molecular weight is 385 g/mol. The Balaban J connectivity index is 1.60. The molecule has 2 heterocycles. The maximum absolute atomic E-state index is 13.0. The highest BCUT2D eigenvalue weighted by Gasteiger charge is 2.50. The van der Waals surface area contributed by atoms with Gasteiger partial charge in [0.15, 0.2) is 6.04 Å². The molecule has 2 amide bonds. The third-order valence-corrected chi connectivity index (χ3v) is 5.54. The van der Waals surface area contributed by atoms with E-state index in [4.69, 9.17) is 4.74 Å². The molecule has 3 rings (SSSR count). The monoisotopic (exact) mass is 385 g/mol. The molecule has 0 saturated carbocycles. The number of ether oxygens (including phenoxy) is 1. The maximum Gasteiger partial charge on any atom is 0.397 e. The largest absolute Gasteiger partial charge is 0.497 e. The molecule has 0 aromatic heterocycles. The molecular weight excluding hydrogens is 361 g/mol. The first kappa shape index (κ1) is 19.7. The van der Waals surface area contributed by atoms with Gasteiger partial charge in [0.2, 0.25) is 5.91 Å². The SMILES string of the molecule is COc1ccc(CCN2C(=O)C[C@@H]([NH+]3CCC[C@H](C(F)(F)F)C3)C2=O)cc1. The van der Waals surface area contributed by atoms with E-state index < -0.39 is 18.1 Å². The van der Waals surface area contributed by atoms with Gasteiger partial charge in [-0.15, -0.1) is 0 Å². The lowest BCUT2D eigenvalue weighted by atomic mass is 9.96. The molecular formula is C19H24F3N2O3+. The molecule has 0 aliphatic carbocycles. The zero-order chi connectivity index (χ0) is 19.6. The number of nitrogens with zero attached hydrogens (tertiary/aromatic N) is 1. The minimum absolute atomic E-state index is 0.00135. The van der Waals surface area contributed by atoms with Crippen LogP contribution in [-0.4, -0.2) is 55.7 Å². The van der Waals surface area contributed by atoms with Crippen LogP contribution in [0.5, 0.6) is 5.75 Å². The molecule has 148 valence electrons. The Bertz CT molecular complexity index is 690. The van der Waals surface area contributed by atoms with Gasteiger partial charge in [0.05, 0.1) is 26.6 Å². The predicted molar refractivity (Wildman–Crippen MR) is 91.3 cm³/mol. The van der Waals surface area contributed by atoms with Crippen molar-refractivity contribution < 1.29 is 32.4 Å². The quantitative estimate of drug-likeness (QED) is 0.776. The summed E-state index contributed by atoms with van der Waals surface area (Å²) in [5, 5.41) is 0. The van der Waals surface area contributed by atoms with E-state index in [1.807, 2.05) is 12.1 Å². The lowest BCUT2D eigenvalue weighted by Crippen LogP contribution is -3.18. The summed E-state index contributed by atoms with van der Waals surface area (Å²) in [7, 11) is 1.57. The van der Waals surface area contributed by atoms with Crippen LogP contribution in [0, 0.1) is 5.92 Å². The number of rotatable bonds is 5. The van der Waals surface area contributed by atoms with Crippen LogP contribution in [-0.2, 0) is 16.0 Å². The number of carbonyl (C=O) groups excluding carboxylic acids is 2. The summed E-state index contributed by atoms with van der Waals surface area (Å²) >= 11 is 0. The van der Waals surface area contributed by atoms with E-state index in [1.54, 1.807) is 19.2 Å². The Morgan fingerprint density at radius 3 is 2.56 bits per heavy atom. The van der Waals surface area contributed by atoms with E-state index in [0.717, 1.165) is 11.3 Å². The van der Waals surface area contributed by atoms with Crippen molar-refractivity contribution >= 4 is 11.8 Å². The van der Waals surface area contributed by atoms with E-state index in [2.05, 4.69) is 0 Å². The molecule has 27 heavy (non-hydrogen) atoms. The van der Waals surface area contributed by atoms with Gasteiger partial charge in [0, 0.05) is 6.54 Å². The molecule has 0 bridgehead atoms. The minimum atomic E-state index is -4.24. The fourth-order valence-electron chi connectivity index (χ4n) is 3.96. The molecule has 0 spiro atoms. The standard InChI is InChI=1S/C19H23F3N2O3/c1-27-15-6-4-13(5-7-15)8-10-24-17(25)11-16(18(24)26)23-9-2-3-14(12-23)19(20,21)22/h4-7,14,16H,2-3,8-12H2,1H3/p+1/t14-,16+/m0/s1. The van der Waals surface area contributed by atoms with Gasteiger partial charge >= 0.3 is 6.18 Å². The summed E-state index contributed by atoms with van der Waals surface area (Å²) in [6.07, 6.45) is -3.21. The van der Waals surface area contributed by atoms with Crippen molar-refractivity contribution in [1.82, 2.24) is 4.90 Å². The predicted octanol–water partition coefficient (Wildman–Crippen LogP) is 1.22. The zero-order valence-corrected chi connectivity index (χ0v) is 15.2. The molecule has 2 aliphatic rings. The number of quaternary nitrogens is 1. The van der Waals surface area contributed by atoms with Gasteiger partial charge in [0.25, 0.3) is 5.91 Å². The van der Waals surface area contributed by atoms with Crippen LogP contribution in [0.3, 0.4) is 0 Å². The van der Waals surface area contributed by atoms with Crippen LogP contribution in [0.4, 0.5) is 13.2 Å². The normalized spacial score (nSPS) is 26.5. The number of piperidine rings is 1. The van der Waals surface area contributed by atoms with Crippen molar-refractivity contribution in [3.63, 3.8) is 0 Å². The van der Waals surface area contributed by atoms with E-state index >= 15 is 0 Å². The molecule has 5 nitrogen and oxygen atoms in total. The van der Waals surface area contributed by atoms with Crippen molar-refractivity contribution in [1.29, 1.82) is 0 Å². The van der Waals surface area contributed by atoms with Crippen LogP contribution in [0.1, 0.15) is 24.8 Å². The van der Waals surface area contributed by atoms with E-state index in [-0.39, 0.29) is 37.7 Å². The highest BCUT2D eigenvalue weighted by molar-refractivity contribution is 6.04.